The maximum Gasteiger partial charge on any atom is 0.0315 e. The summed E-state index contributed by atoms with van der Waals surface area (Å²) in [6, 6.07) is 4.50. The third-order valence-electron chi connectivity index (χ3n) is 2.16. The standard InChI is InChI=1S/C11H18N2S/c1-10(13-7-4-8-14-2)11-5-3-6-12-9-11/h3,5-6,9-10,13H,4,7-8H2,1-2H3/t10-/m1/s1. The SMILES string of the molecule is CSCCCN[C@H](C)c1cccnc1. The predicted octanol–water partition coefficient (Wildman–Crippen LogP) is 2.49. The van der Waals surface area contributed by atoms with E-state index in [2.05, 4.69) is 29.5 Å². The van der Waals surface area contributed by atoms with Crippen molar-refractivity contribution in [1.82, 2.24) is 10.3 Å². The minimum Gasteiger partial charge on any atom is -0.310 e. The molecule has 0 aliphatic carbocycles. The molecule has 0 unspecified atom stereocenters. The van der Waals surface area contributed by atoms with Crippen LogP contribution in [0.4, 0.5) is 0 Å². The van der Waals surface area contributed by atoms with Crippen LogP contribution >= 0.6 is 11.8 Å². The highest BCUT2D eigenvalue weighted by atomic mass is 32.2. The summed E-state index contributed by atoms with van der Waals surface area (Å²) in [4.78, 5) is 4.11. The Kier molecular flexibility index (Phi) is 5.64. The maximum absolute atomic E-state index is 4.11. The second-order valence-electron chi connectivity index (χ2n) is 3.31. The second kappa shape index (κ2) is 6.85. The van der Waals surface area contributed by atoms with E-state index in [1.54, 1.807) is 0 Å². The molecule has 0 spiro atoms. The topological polar surface area (TPSA) is 24.9 Å². The summed E-state index contributed by atoms with van der Waals surface area (Å²) in [5.41, 5.74) is 1.26. The Morgan fingerprint density at radius 2 is 2.43 bits per heavy atom. The van der Waals surface area contributed by atoms with Gasteiger partial charge in [0.25, 0.3) is 0 Å². The molecule has 3 heteroatoms. The largest absolute Gasteiger partial charge is 0.310 e. The van der Waals surface area contributed by atoms with Crippen LogP contribution in [0.5, 0.6) is 0 Å². The highest BCUT2D eigenvalue weighted by Crippen LogP contribution is 2.09. The molecule has 0 bridgehead atoms. The van der Waals surface area contributed by atoms with E-state index >= 15 is 0 Å². The predicted molar refractivity (Wildman–Crippen MR) is 63.7 cm³/mol. The molecule has 1 aromatic rings. The Morgan fingerprint density at radius 3 is 3.07 bits per heavy atom. The minimum absolute atomic E-state index is 0.408. The van der Waals surface area contributed by atoms with E-state index in [9.17, 15) is 0 Å². The molecule has 14 heavy (non-hydrogen) atoms. The fraction of sp³-hybridized carbons (Fsp3) is 0.545. The van der Waals surface area contributed by atoms with E-state index in [-0.39, 0.29) is 0 Å². The molecule has 0 aromatic carbocycles. The number of rotatable bonds is 6. The van der Waals surface area contributed by atoms with Crippen LogP contribution < -0.4 is 5.32 Å². The summed E-state index contributed by atoms with van der Waals surface area (Å²) in [5, 5.41) is 3.48. The lowest BCUT2D eigenvalue weighted by Crippen LogP contribution is -2.20. The third-order valence-corrected chi connectivity index (χ3v) is 2.86. The maximum atomic E-state index is 4.11. The van der Waals surface area contributed by atoms with Crippen LogP contribution in [0.15, 0.2) is 24.5 Å². The number of thioether (sulfide) groups is 1. The molecule has 0 aliphatic rings. The van der Waals surface area contributed by atoms with Crippen molar-refractivity contribution in [2.75, 3.05) is 18.6 Å². The summed E-state index contributed by atoms with van der Waals surface area (Å²) < 4.78 is 0. The lowest BCUT2D eigenvalue weighted by atomic mass is 10.1. The molecule has 1 atom stereocenters. The summed E-state index contributed by atoms with van der Waals surface area (Å²) in [7, 11) is 0. The van der Waals surface area contributed by atoms with Gasteiger partial charge in [0.05, 0.1) is 0 Å². The highest BCUT2D eigenvalue weighted by molar-refractivity contribution is 7.98. The lowest BCUT2D eigenvalue weighted by Gasteiger charge is -2.13. The van der Waals surface area contributed by atoms with Gasteiger partial charge in [0.1, 0.15) is 0 Å². The van der Waals surface area contributed by atoms with Crippen molar-refractivity contribution in [1.29, 1.82) is 0 Å². The zero-order valence-corrected chi connectivity index (χ0v) is 9.68. The summed E-state index contributed by atoms with van der Waals surface area (Å²) >= 11 is 1.90. The fourth-order valence-electron chi connectivity index (χ4n) is 1.29. The molecule has 1 aromatic heterocycles. The monoisotopic (exact) mass is 210 g/mol. The minimum atomic E-state index is 0.408. The van der Waals surface area contributed by atoms with E-state index in [4.69, 9.17) is 0 Å². The van der Waals surface area contributed by atoms with E-state index in [0.717, 1.165) is 6.54 Å². The molecule has 1 N–H and O–H groups in total. The van der Waals surface area contributed by atoms with Gasteiger partial charge in [-0.3, -0.25) is 4.98 Å². The second-order valence-corrected chi connectivity index (χ2v) is 4.29. The summed E-state index contributed by atoms with van der Waals surface area (Å²) in [5.74, 6) is 1.23. The number of hydrogen-bond donors (Lipinski definition) is 1. The fourth-order valence-corrected chi connectivity index (χ4v) is 1.72. The summed E-state index contributed by atoms with van der Waals surface area (Å²) in [6.07, 6.45) is 7.10. The smallest absolute Gasteiger partial charge is 0.0315 e. The quantitative estimate of drug-likeness (QED) is 0.730. The van der Waals surface area contributed by atoms with Crippen molar-refractivity contribution in [3.8, 4) is 0 Å². The van der Waals surface area contributed by atoms with Gasteiger partial charge >= 0.3 is 0 Å². The molecule has 1 rings (SSSR count). The molecular formula is C11H18N2S. The van der Waals surface area contributed by atoms with Crippen molar-refractivity contribution in [3.05, 3.63) is 30.1 Å². The third kappa shape index (κ3) is 4.11. The van der Waals surface area contributed by atoms with Gasteiger partial charge in [-0.15, -0.1) is 0 Å². The van der Waals surface area contributed by atoms with Gasteiger partial charge in [0.15, 0.2) is 0 Å². The molecule has 1 heterocycles. The van der Waals surface area contributed by atoms with Crippen LogP contribution in [-0.2, 0) is 0 Å². The Morgan fingerprint density at radius 1 is 1.57 bits per heavy atom. The normalized spacial score (nSPS) is 12.7. The molecule has 0 fully saturated rings. The van der Waals surface area contributed by atoms with Gasteiger partial charge in [-0.2, -0.15) is 11.8 Å². The van der Waals surface area contributed by atoms with Gasteiger partial charge in [-0.05, 0) is 43.5 Å². The number of aromatic nitrogens is 1. The van der Waals surface area contributed by atoms with Gasteiger partial charge in [0.2, 0.25) is 0 Å². The van der Waals surface area contributed by atoms with Crippen LogP contribution in [-0.4, -0.2) is 23.5 Å². The van der Waals surface area contributed by atoms with Crippen LogP contribution in [0.3, 0.4) is 0 Å². The molecule has 2 nitrogen and oxygen atoms in total. The number of pyridine rings is 1. The Balaban J connectivity index is 2.25. The van der Waals surface area contributed by atoms with Crippen molar-refractivity contribution in [2.24, 2.45) is 0 Å². The Hall–Kier alpha value is -0.540. The van der Waals surface area contributed by atoms with Gasteiger partial charge < -0.3 is 5.32 Å². The van der Waals surface area contributed by atoms with Crippen LogP contribution in [0.2, 0.25) is 0 Å². The molecule has 0 amide bonds. The van der Waals surface area contributed by atoms with Crippen molar-refractivity contribution >= 4 is 11.8 Å². The first-order chi connectivity index (χ1) is 6.84. The van der Waals surface area contributed by atoms with Crippen LogP contribution in [0, 0.1) is 0 Å². The number of nitrogens with one attached hydrogen (secondary N) is 1. The Labute approximate surface area is 90.5 Å². The first kappa shape index (κ1) is 11.5. The molecular weight excluding hydrogens is 192 g/mol. The van der Waals surface area contributed by atoms with Gasteiger partial charge in [-0.1, -0.05) is 6.07 Å². The van der Waals surface area contributed by atoms with Crippen molar-refractivity contribution in [3.63, 3.8) is 0 Å². The van der Waals surface area contributed by atoms with E-state index < -0.39 is 0 Å². The molecule has 0 aliphatic heterocycles. The molecule has 78 valence electrons. The summed E-state index contributed by atoms with van der Waals surface area (Å²) in [6.45, 7) is 3.26. The van der Waals surface area contributed by atoms with E-state index in [0.29, 0.717) is 6.04 Å². The average Bonchev–Trinajstić information content (AvgIpc) is 2.25. The number of nitrogens with zero attached hydrogens (tertiary/aromatic N) is 1. The first-order valence-electron chi connectivity index (χ1n) is 4.97. The van der Waals surface area contributed by atoms with Gasteiger partial charge in [-0.25, -0.2) is 0 Å². The van der Waals surface area contributed by atoms with Crippen molar-refractivity contribution < 1.29 is 0 Å². The number of hydrogen-bond acceptors (Lipinski definition) is 3. The first-order valence-corrected chi connectivity index (χ1v) is 6.36. The molecule has 0 radical (unpaired) electrons. The zero-order chi connectivity index (χ0) is 10.2. The lowest BCUT2D eigenvalue weighted by molar-refractivity contribution is 0.571. The van der Waals surface area contributed by atoms with Crippen LogP contribution in [0.25, 0.3) is 0 Å². The van der Waals surface area contributed by atoms with E-state index in [1.807, 2.05) is 30.2 Å². The Bertz CT molecular complexity index is 238. The highest BCUT2D eigenvalue weighted by Gasteiger charge is 2.02. The van der Waals surface area contributed by atoms with Crippen molar-refractivity contribution in [2.45, 2.75) is 19.4 Å². The van der Waals surface area contributed by atoms with Gasteiger partial charge in [0, 0.05) is 18.4 Å². The average molecular weight is 210 g/mol. The zero-order valence-electron chi connectivity index (χ0n) is 8.86. The van der Waals surface area contributed by atoms with Crippen LogP contribution in [0.1, 0.15) is 24.9 Å². The van der Waals surface area contributed by atoms with E-state index in [1.165, 1.54) is 17.7 Å². The molecule has 0 saturated carbocycles. The molecule has 0 saturated heterocycles.